The maximum atomic E-state index is 12.1. The second-order valence-corrected chi connectivity index (χ2v) is 7.78. The highest BCUT2D eigenvalue weighted by Gasteiger charge is 2.15. The summed E-state index contributed by atoms with van der Waals surface area (Å²) in [7, 11) is 0. The number of thioether (sulfide) groups is 1. The molecule has 0 radical (unpaired) electrons. The molecule has 0 aliphatic heterocycles. The van der Waals surface area contributed by atoms with E-state index >= 15 is 0 Å². The summed E-state index contributed by atoms with van der Waals surface area (Å²) >= 11 is 1.54. The fraction of sp³-hybridized carbons (Fsp3) is 0.300. The van der Waals surface area contributed by atoms with Gasteiger partial charge in [-0.05, 0) is 30.7 Å². The number of benzene rings is 1. The molecule has 4 rings (SSSR count). The average Bonchev–Trinajstić information content (AvgIpc) is 3.44. The van der Waals surface area contributed by atoms with Crippen molar-refractivity contribution >= 4 is 28.8 Å². The predicted molar refractivity (Wildman–Crippen MR) is 111 cm³/mol. The molecule has 0 fully saturated rings. The fourth-order valence-electron chi connectivity index (χ4n) is 3.17. The van der Waals surface area contributed by atoms with Crippen molar-refractivity contribution in [2.24, 2.45) is 5.73 Å². The number of primary amides is 1. The van der Waals surface area contributed by atoms with Gasteiger partial charge in [0, 0.05) is 25.1 Å². The molecule has 3 aromatic heterocycles. The minimum Gasteiger partial charge on any atom is -0.467 e. The summed E-state index contributed by atoms with van der Waals surface area (Å²) in [5, 5.41) is 9.23. The molecule has 0 aliphatic carbocycles. The normalized spacial score (nSPS) is 11.3. The maximum absolute atomic E-state index is 12.1. The van der Waals surface area contributed by atoms with Gasteiger partial charge >= 0.3 is 5.76 Å². The van der Waals surface area contributed by atoms with E-state index in [1.807, 2.05) is 34.9 Å². The van der Waals surface area contributed by atoms with Crippen LogP contribution in [-0.2, 0) is 24.3 Å². The van der Waals surface area contributed by atoms with Crippen LogP contribution >= 0.6 is 11.8 Å². The molecule has 4 aromatic rings. The lowest BCUT2D eigenvalue weighted by Gasteiger charge is -2.08. The predicted octanol–water partition coefficient (Wildman–Crippen LogP) is 2.43. The van der Waals surface area contributed by atoms with Crippen molar-refractivity contribution in [2.45, 2.75) is 37.5 Å². The zero-order valence-corrected chi connectivity index (χ0v) is 17.0. The first kappa shape index (κ1) is 20.0. The second kappa shape index (κ2) is 9.04. The number of oxazole rings is 1. The Kier molecular flexibility index (Phi) is 6.03. The number of nitrogens with zero attached hydrogens (tertiary/aromatic N) is 4. The number of para-hydroxylation sites is 2. The highest BCUT2D eigenvalue weighted by molar-refractivity contribution is 7.99. The minimum absolute atomic E-state index is 0.206. The number of amides is 1. The van der Waals surface area contributed by atoms with Gasteiger partial charge in [0.2, 0.25) is 5.91 Å². The van der Waals surface area contributed by atoms with Gasteiger partial charge in [-0.15, -0.1) is 10.2 Å². The Balaban J connectivity index is 1.42. The zero-order chi connectivity index (χ0) is 20.9. The monoisotopic (exact) mass is 427 g/mol. The smallest absolute Gasteiger partial charge is 0.419 e. The van der Waals surface area contributed by atoms with Crippen LogP contribution in [0.15, 0.2) is 61.4 Å². The number of aromatic nitrogens is 4. The van der Waals surface area contributed by atoms with Crippen LogP contribution in [0.4, 0.5) is 0 Å². The van der Waals surface area contributed by atoms with E-state index in [4.69, 9.17) is 14.6 Å². The van der Waals surface area contributed by atoms with Gasteiger partial charge in [0.05, 0.1) is 18.3 Å². The van der Waals surface area contributed by atoms with Gasteiger partial charge in [-0.1, -0.05) is 23.9 Å². The lowest BCUT2D eigenvalue weighted by molar-refractivity contribution is -0.118. The van der Waals surface area contributed by atoms with Crippen molar-refractivity contribution in [1.29, 1.82) is 0 Å². The van der Waals surface area contributed by atoms with Crippen LogP contribution in [0.25, 0.3) is 11.1 Å². The number of aryl methyl sites for hydroxylation is 2. The number of rotatable bonds is 10. The van der Waals surface area contributed by atoms with Gasteiger partial charge in [-0.25, -0.2) is 4.79 Å². The molecule has 0 saturated carbocycles. The highest BCUT2D eigenvalue weighted by Crippen LogP contribution is 2.21. The number of nitrogens with two attached hydrogens (primary N) is 1. The molecule has 1 aromatic carbocycles. The Morgan fingerprint density at radius 1 is 1.13 bits per heavy atom. The number of hydrogen-bond acceptors (Lipinski definition) is 7. The molecule has 1 amide bonds. The van der Waals surface area contributed by atoms with E-state index in [1.54, 1.807) is 28.7 Å². The van der Waals surface area contributed by atoms with Gasteiger partial charge in [0.1, 0.15) is 11.6 Å². The summed E-state index contributed by atoms with van der Waals surface area (Å²) in [4.78, 5) is 23.2. The molecule has 0 spiro atoms. The van der Waals surface area contributed by atoms with Crippen molar-refractivity contribution in [1.82, 2.24) is 19.3 Å². The Bertz CT molecular complexity index is 1190. The van der Waals surface area contributed by atoms with Crippen LogP contribution in [-0.4, -0.2) is 31.0 Å². The summed E-state index contributed by atoms with van der Waals surface area (Å²) < 4.78 is 14.3. The SMILES string of the molecule is NC(=O)CCc1nnc(SCCCn2c(=O)oc3ccccc32)n1Cc1ccco1. The molecular weight excluding hydrogens is 406 g/mol. The van der Waals surface area contributed by atoms with E-state index in [1.165, 1.54) is 0 Å². The van der Waals surface area contributed by atoms with Crippen molar-refractivity contribution in [3.63, 3.8) is 0 Å². The molecule has 0 atom stereocenters. The molecule has 0 bridgehead atoms. The van der Waals surface area contributed by atoms with E-state index in [9.17, 15) is 9.59 Å². The molecule has 10 heteroatoms. The molecule has 156 valence electrons. The van der Waals surface area contributed by atoms with Crippen molar-refractivity contribution < 1.29 is 13.6 Å². The van der Waals surface area contributed by atoms with Crippen LogP contribution in [0.5, 0.6) is 0 Å². The van der Waals surface area contributed by atoms with E-state index in [-0.39, 0.29) is 18.1 Å². The van der Waals surface area contributed by atoms with E-state index in [0.29, 0.717) is 30.9 Å². The fourth-order valence-corrected chi connectivity index (χ4v) is 4.06. The topological polar surface area (TPSA) is 122 Å². The van der Waals surface area contributed by atoms with Crippen molar-refractivity contribution in [3.05, 3.63) is 64.8 Å². The molecular formula is C20H21N5O4S. The van der Waals surface area contributed by atoms with E-state index < -0.39 is 0 Å². The van der Waals surface area contributed by atoms with Crippen molar-refractivity contribution in [3.8, 4) is 0 Å². The van der Waals surface area contributed by atoms with Crippen LogP contribution in [0, 0.1) is 0 Å². The molecule has 30 heavy (non-hydrogen) atoms. The molecule has 0 saturated heterocycles. The summed E-state index contributed by atoms with van der Waals surface area (Å²) in [6.45, 7) is 1.02. The average molecular weight is 427 g/mol. The Morgan fingerprint density at radius 2 is 2.00 bits per heavy atom. The van der Waals surface area contributed by atoms with E-state index in [2.05, 4.69) is 10.2 Å². The third-order valence-corrected chi connectivity index (χ3v) is 5.67. The first-order valence-electron chi connectivity index (χ1n) is 9.56. The van der Waals surface area contributed by atoms with Crippen molar-refractivity contribution in [2.75, 3.05) is 5.75 Å². The first-order chi connectivity index (χ1) is 14.6. The molecule has 9 nitrogen and oxygen atoms in total. The van der Waals surface area contributed by atoms with Crippen LogP contribution < -0.4 is 11.5 Å². The second-order valence-electron chi connectivity index (χ2n) is 6.72. The minimum atomic E-state index is -0.380. The van der Waals surface area contributed by atoms with Gasteiger partial charge in [-0.2, -0.15) is 0 Å². The van der Waals surface area contributed by atoms with Gasteiger partial charge in [0.15, 0.2) is 10.7 Å². The Hall–Kier alpha value is -3.27. The molecule has 3 heterocycles. The largest absolute Gasteiger partial charge is 0.467 e. The number of fused-ring (bicyclic) bond motifs is 1. The molecule has 2 N–H and O–H groups in total. The maximum Gasteiger partial charge on any atom is 0.419 e. The third kappa shape index (κ3) is 4.48. The number of hydrogen-bond donors (Lipinski definition) is 1. The standard InChI is InChI=1S/C20H21N5O4S/c21-17(26)8-9-18-22-23-19(25(18)13-14-5-3-11-28-14)30-12-4-10-24-15-6-1-2-7-16(15)29-20(24)27/h1-3,5-7,11H,4,8-10,12-13H2,(H2,21,26). The highest BCUT2D eigenvalue weighted by atomic mass is 32.2. The molecule has 0 aliphatic rings. The lowest BCUT2D eigenvalue weighted by atomic mass is 10.3. The quantitative estimate of drug-likeness (QED) is 0.305. The summed E-state index contributed by atoms with van der Waals surface area (Å²) in [6, 6.07) is 11.1. The van der Waals surface area contributed by atoms with Gasteiger partial charge in [0.25, 0.3) is 0 Å². The van der Waals surface area contributed by atoms with E-state index in [0.717, 1.165) is 28.6 Å². The van der Waals surface area contributed by atoms with Crippen LogP contribution in [0.1, 0.15) is 24.4 Å². The third-order valence-electron chi connectivity index (χ3n) is 4.61. The summed E-state index contributed by atoms with van der Waals surface area (Å²) in [5.41, 5.74) is 6.66. The summed E-state index contributed by atoms with van der Waals surface area (Å²) in [5.74, 6) is 1.46. The van der Waals surface area contributed by atoms with Gasteiger partial charge < -0.3 is 14.6 Å². The Morgan fingerprint density at radius 3 is 2.80 bits per heavy atom. The molecule has 0 unspecified atom stereocenters. The Labute approximate surface area is 175 Å². The number of carbonyl (C=O) groups excluding carboxylic acids is 1. The number of furan rings is 1. The van der Waals surface area contributed by atoms with Crippen LogP contribution in [0.2, 0.25) is 0 Å². The van der Waals surface area contributed by atoms with Crippen LogP contribution in [0.3, 0.4) is 0 Å². The first-order valence-corrected chi connectivity index (χ1v) is 10.5. The lowest BCUT2D eigenvalue weighted by Crippen LogP contribution is -2.15. The number of carbonyl (C=O) groups is 1. The van der Waals surface area contributed by atoms with Gasteiger partial charge in [-0.3, -0.25) is 13.9 Å². The summed E-state index contributed by atoms with van der Waals surface area (Å²) in [6.07, 6.45) is 2.98. The zero-order valence-electron chi connectivity index (χ0n) is 16.2.